The molecule has 1 unspecified atom stereocenters. The Morgan fingerprint density at radius 1 is 1.00 bits per heavy atom. The third-order valence-corrected chi connectivity index (χ3v) is 8.69. The number of aryl methyl sites for hydroxylation is 2. The summed E-state index contributed by atoms with van der Waals surface area (Å²) in [7, 11) is 2.11. The Morgan fingerprint density at radius 2 is 1.79 bits per heavy atom. The Hall–Kier alpha value is -3.60. The van der Waals surface area contributed by atoms with Crippen molar-refractivity contribution in [2.24, 2.45) is 7.05 Å². The lowest BCUT2D eigenvalue weighted by atomic mass is 9.84. The van der Waals surface area contributed by atoms with E-state index in [2.05, 4.69) is 78.0 Å². The number of hydrogen-bond donors (Lipinski definition) is 0. The van der Waals surface area contributed by atoms with Crippen molar-refractivity contribution < 1.29 is 9.53 Å². The highest BCUT2D eigenvalue weighted by Crippen LogP contribution is 2.44. The number of carbonyl (C=O) groups is 1. The number of para-hydroxylation sites is 2. The van der Waals surface area contributed by atoms with Gasteiger partial charge in [0.1, 0.15) is 0 Å². The van der Waals surface area contributed by atoms with Crippen molar-refractivity contribution in [1.82, 2.24) is 9.55 Å². The number of rotatable bonds is 8. The van der Waals surface area contributed by atoms with E-state index in [1.165, 1.54) is 48.8 Å². The smallest absolute Gasteiger partial charge is 0.338 e. The van der Waals surface area contributed by atoms with Crippen LogP contribution in [0.1, 0.15) is 97.3 Å². The number of esters is 1. The summed E-state index contributed by atoms with van der Waals surface area (Å²) in [6, 6.07) is 23.9. The molecule has 0 N–H and O–H groups in total. The topological polar surface area (TPSA) is 47.4 Å². The molecule has 0 bridgehead atoms. The van der Waals surface area contributed by atoms with Crippen LogP contribution in [0.3, 0.4) is 0 Å². The van der Waals surface area contributed by atoms with Crippen molar-refractivity contribution >= 4 is 28.6 Å². The van der Waals surface area contributed by atoms with Crippen LogP contribution in [0.2, 0.25) is 0 Å². The van der Waals surface area contributed by atoms with Gasteiger partial charge in [0.2, 0.25) is 5.95 Å². The Labute approximate surface area is 231 Å². The molecule has 4 aromatic rings. The van der Waals surface area contributed by atoms with Crippen molar-refractivity contribution in [2.75, 3.05) is 11.5 Å². The van der Waals surface area contributed by atoms with E-state index in [9.17, 15) is 4.79 Å². The first kappa shape index (κ1) is 25.7. The maximum atomic E-state index is 12.6. The van der Waals surface area contributed by atoms with Crippen LogP contribution in [0.15, 0.2) is 66.7 Å². The Kier molecular flexibility index (Phi) is 7.40. The van der Waals surface area contributed by atoms with Crippen LogP contribution < -0.4 is 4.90 Å². The molecule has 1 atom stereocenters. The summed E-state index contributed by atoms with van der Waals surface area (Å²) in [5.74, 6) is 1.41. The van der Waals surface area contributed by atoms with Gasteiger partial charge < -0.3 is 14.2 Å². The zero-order chi connectivity index (χ0) is 26.8. The van der Waals surface area contributed by atoms with Gasteiger partial charge in [0.15, 0.2) is 0 Å². The molecule has 1 fully saturated rings. The Bertz CT molecular complexity index is 1450. The highest BCUT2D eigenvalue weighted by Gasteiger charge is 2.33. The van der Waals surface area contributed by atoms with Gasteiger partial charge in [-0.2, -0.15) is 0 Å². The van der Waals surface area contributed by atoms with Gasteiger partial charge in [-0.05, 0) is 91.1 Å². The van der Waals surface area contributed by atoms with Crippen LogP contribution in [0, 0.1) is 0 Å². The SMILES string of the molecule is CCCCOC(=O)c1ccc2c(c1)CCC2N(c1ccc(C2CCCCC2)cc1)c1nc2ccccc2n1C. The number of carbonyl (C=O) groups excluding carboxylic acids is 1. The maximum absolute atomic E-state index is 12.6. The molecule has 3 aromatic carbocycles. The molecule has 202 valence electrons. The van der Waals surface area contributed by atoms with E-state index in [-0.39, 0.29) is 12.0 Å². The molecule has 0 amide bonds. The highest BCUT2D eigenvalue weighted by atomic mass is 16.5. The molecule has 2 aliphatic rings. The van der Waals surface area contributed by atoms with Gasteiger partial charge >= 0.3 is 5.97 Å². The number of nitrogens with zero attached hydrogens (tertiary/aromatic N) is 3. The minimum Gasteiger partial charge on any atom is -0.462 e. The molecule has 1 aromatic heterocycles. The molecule has 5 heteroatoms. The van der Waals surface area contributed by atoms with Crippen molar-refractivity contribution in [1.29, 1.82) is 0 Å². The second kappa shape index (κ2) is 11.3. The number of imidazole rings is 1. The van der Waals surface area contributed by atoms with Crippen molar-refractivity contribution in [2.45, 2.75) is 76.7 Å². The van der Waals surface area contributed by atoms with Crippen molar-refractivity contribution in [3.05, 3.63) is 89.0 Å². The first-order valence-corrected chi connectivity index (χ1v) is 14.7. The number of unbranched alkanes of at least 4 members (excludes halogenated alkanes) is 1. The summed E-state index contributed by atoms with van der Waals surface area (Å²) >= 11 is 0. The molecule has 6 rings (SSSR count). The summed E-state index contributed by atoms with van der Waals surface area (Å²) in [4.78, 5) is 20.2. The van der Waals surface area contributed by atoms with Gasteiger partial charge in [-0.15, -0.1) is 0 Å². The highest BCUT2D eigenvalue weighted by molar-refractivity contribution is 5.90. The van der Waals surface area contributed by atoms with Gasteiger partial charge in [0, 0.05) is 12.7 Å². The molecule has 2 aliphatic carbocycles. The molecule has 39 heavy (non-hydrogen) atoms. The van der Waals surface area contributed by atoms with E-state index in [1.807, 2.05) is 12.1 Å². The Morgan fingerprint density at radius 3 is 2.56 bits per heavy atom. The molecule has 0 aliphatic heterocycles. The largest absolute Gasteiger partial charge is 0.462 e. The molecule has 0 radical (unpaired) electrons. The van der Waals surface area contributed by atoms with E-state index >= 15 is 0 Å². The second-order valence-electron chi connectivity index (χ2n) is 11.2. The predicted octanol–water partition coefficient (Wildman–Crippen LogP) is 8.40. The van der Waals surface area contributed by atoms with E-state index in [0.717, 1.165) is 48.4 Å². The van der Waals surface area contributed by atoms with Crippen LogP contribution in [0.25, 0.3) is 11.0 Å². The average Bonchev–Trinajstić information content (AvgIpc) is 3.55. The second-order valence-corrected chi connectivity index (χ2v) is 11.2. The fraction of sp³-hybridized carbons (Fsp3) is 0.412. The summed E-state index contributed by atoms with van der Waals surface area (Å²) in [5, 5.41) is 0. The third-order valence-electron chi connectivity index (χ3n) is 8.69. The van der Waals surface area contributed by atoms with Gasteiger partial charge in [-0.25, -0.2) is 9.78 Å². The van der Waals surface area contributed by atoms with Gasteiger partial charge in [-0.1, -0.05) is 62.9 Å². The zero-order valence-corrected chi connectivity index (χ0v) is 23.2. The molecular weight excluding hydrogens is 482 g/mol. The van der Waals surface area contributed by atoms with Crippen molar-refractivity contribution in [3.63, 3.8) is 0 Å². The zero-order valence-electron chi connectivity index (χ0n) is 23.2. The monoisotopic (exact) mass is 521 g/mol. The number of benzene rings is 3. The van der Waals surface area contributed by atoms with Crippen LogP contribution in [0.4, 0.5) is 11.6 Å². The minimum atomic E-state index is -0.222. The summed E-state index contributed by atoms with van der Waals surface area (Å²) in [6.07, 6.45) is 10.4. The molecule has 5 nitrogen and oxygen atoms in total. The number of anilines is 2. The Balaban J connectivity index is 1.36. The molecule has 1 saturated carbocycles. The lowest BCUT2D eigenvalue weighted by Crippen LogP contribution is -2.25. The maximum Gasteiger partial charge on any atom is 0.338 e. The fourth-order valence-electron chi connectivity index (χ4n) is 6.51. The first-order valence-electron chi connectivity index (χ1n) is 14.7. The van der Waals surface area contributed by atoms with Crippen LogP contribution in [0.5, 0.6) is 0 Å². The summed E-state index contributed by atoms with van der Waals surface area (Å²) < 4.78 is 7.70. The van der Waals surface area contributed by atoms with E-state index in [0.29, 0.717) is 18.1 Å². The lowest BCUT2D eigenvalue weighted by Gasteiger charge is -2.31. The van der Waals surface area contributed by atoms with Gasteiger partial charge in [-0.3, -0.25) is 0 Å². The van der Waals surface area contributed by atoms with Crippen LogP contribution in [-0.4, -0.2) is 22.1 Å². The minimum absolute atomic E-state index is 0.140. The normalized spacial score (nSPS) is 17.3. The average molecular weight is 522 g/mol. The quantitative estimate of drug-likeness (QED) is 0.172. The van der Waals surface area contributed by atoms with Gasteiger partial charge in [0.25, 0.3) is 0 Å². The lowest BCUT2D eigenvalue weighted by molar-refractivity contribution is 0.0499. The predicted molar refractivity (Wildman–Crippen MR) is 158 cm³/mol. The number of hydrogen-bond acceptors (Lipinski definition) is 4. The number of aromatic nitrogens is 2. The summed E-state index contributed by atoms with van der Waals surface area (Å²) in [5.41, 5.74) is 7.89. The van der Waals surface area contributed by atoms with Crippen LogP contribution >= 0.6 is 0 Å². The third kappa shape index (κ3) is 5.07. The molecule has 1 heterocycles. The van der Waals surface area contributed by atoms with Crippen molar-refractivity contribution in [3.8, 4) is 0 Å². The number of fused-ring (bicyclic) bond motifs is 2. The summed E-state index contributed by atoms with van der Waals surface area (Å²) in [6.45, 7) is 2.58. The molecule has 0 spiro atoms. The van der Waals surface area contributed by atoms with Crippen LogP contribution in [-0.2, 0) is 18.2 Å². The first-order chi connectivity index (χ1) is 19.1. The van der Waals surface area contributed by atoms with Gasteiger partial charge in [0.05, 0.1) is 29.2 Å². The molecule has 0 saturated heterocycles. The van der Waals surface area contributed by atoms with E-state index in [1.54, 1.807) is 0 Å². The van der Waals surface area contributed by atoms with E-state index in [4.69, 9.17) is 9.72 Å². The molecular formula is C34H39N3O2. The number of ether oxygens (including phenoxy) is 1. The fourth-order valence-corrected chi connectivity index (χ4v) is 6.51. The van der Waals surface area contributed by atoms with E-state index < -0.39 is 0 Å². The standard InChI is InChI=1S/C34H39N3O2/c1-3-4-22-39-33(38)27-16-20-29-26(23-27)17-21-31(29)37(34-35-30-12-8-9-13-32(30)36(34)2)28-18-14-25(15-19-28)24-10-6-5-7-11-24/h8-9,12-16,18-20,23-24,31H,3-7,10-11,17,21-22H2,1-2H3.